The predicted octanol–water partition coefficient (Wildman–Crippen LogP) is 20.1. The summed E-state index contributed by atoms with van der Waals surface area (Å²) in [6.07, 6.45) is 50.2. The van der Waals surface area contributed by atoms with Gasteiger partial charge in [0.15, 0.2) is 12.2 Å². The fraction of sp³-hybridized carbons (Fsp3) is 0.943. The Kier molecular flexibility index (Phi) is 62.1. The maximum absolute atomic E-state index is 13.0. The van der Waals surface area contributed by atoms with Crippen LogP contribution in [0.5, 0.6) is 0 Å². The van der Waals surface area contributed by atoms with E-state index in [2.05, 4.69) is 34.6 Å². The van der Waals surface area contributed by atoms with E-state index in [4.69, 9.17) is 37.0 Å². The molecule has 0 aromatic rings. The number of hydrogen-bond acceptors (Lipinski definition) is 15. The van der Waals surface area contributed by atoms with Crippen LogP contribution in [0.2, 0.25) is 0 Å². The van der Waals surface area contributed by atoms with Crippen LogP contribution in [0.25, 0.3) is 0 Å². The second-order valence-electron chi connectivity index (χ2n) is 25.7. The molecule has 0 aromatic carbocycles. The van der Waals surface area contributed by atoms with Crippen molar-refractivity contribution in [1.29, 1.82) is 0 Å². The Balaban J connectivity index is 5.16. The lowest BCUT2D eigenvalue weighted by molar-refractivity contribution is -0.161. The number of aliphatic hydroxyl groups is 1. The molecule has 17 nitrogen and oxygen atoms in total. The van der Waals surface area contributed by atoms with Gasteiger partial charge in [0.05, 0.1) is 26.4 Å². The number of phosphoric acid groups is 2. The number of carbonyl (C=O) groups is 4. The molecule has 0 fully saturated rings. The zero-order valence-corrected chi connectivity index (χ0v) is 59.4. The second kappa shape index (κ2) is 63.5. The van der Waals surface area contributed by atoms with Crippen LogP contribution < -0.4 is 0 Å². The average Bonchev–Trinajstić information content (AvgIpc) is 3.72. The lowest BCUT2D eigenvalue weighted by Crippen LogP contribution is -2.30. The first-order chi connectivity index (χ1) is 43.0. The van der Waals surface area contributed by atoms with Crippen molar-refractivity contribution in [3.63, 3.8) is 0 Å². The molecule has 89 heavy (non-hydrogen) atoms. The minimum absolute atomic E-state index is 0.105. The third-order valence-electron chi connectivity index (χ3n) is 16.3. The van der Waals surface area contributed by atoms with E-state index in [1.54, 1.807) is 0 Å². The van der Waals surface area contributed by atoms with Crippen molar-refractivity contribution in [2.75, 3.05) is 39.6 Å². The fourth-order valence-corrected chi connectivity index (χ4v) is 12.2. The van der Waals surface area contributed by atoms with Crippen LogP contribution in [0, 0.1) is 5.92 Å². The molecule has 19 heteroatoms. The van der Waals surface area contributed by atoms with Crippen LogP contribution in [-0.4, -0.2) is 96.7 Å². The molecule has 0 spiro atoms. The molecular weight excluding hydrogens is 1170 g/mol. The molecule has 0 radical (unpaired) electrons. The summed E-state index contributed by atoms with van der Waals surface area (Å²) in [5.74, 6) is -1.33. The summed E-state index contributed by atoms with van der Waals surface area (Å²) in [5.41, 5.74) is 0. The van der Waals surface area contributed by atoms with Crippen molar-refractivity contribution in [3.8, 4) is 0 Å². The lowest BCUT2D eigenvalue weighted by atomic mass is 10.0. The Labute approximate surface area is 543 Å². The Morgan fingerprint density at radius 1 is 0.303 bits per heavy atom. The van der Waals surface area contributed by atoms with Gasteiger partial charge in [-0.2, -0.15) is 0 Å². The highest BCUT2D eigenvalue weighted by molar-refractivity contribution is 7.47. The first kappa shape index (κ1) is 87.1. The van der Waals surface area contributed by atoms with E-state index >= 15 is 0 Å². The third kappa shape index (κ3) is 64.6. The van der Waals surface area contributed by atoms with Crippen LogP contribution in [-0.2, 0) is 65.4 Å². The Morgan fingerprint density at radius 2 is 0.517 bits per heavy atom. The molecule has 0 saturated carbocycles. The van der Waals surface area contributed by atoms with Crippen LogP contribution in [0.3, 0.4) is 0 Å². The van der Waals surface area contributed by atoms with Gasteiger partial charge in [0.2, 0.25) is 0 Å². The van der Waals surface area contributed by atoms with Crippen molar-refractivity contribution in [1.82, 2.24) is 0 Å². The van der Waals surface area contributed by atoms with Gasteiger partial charge in [0, 0.05) is 25.7 Å². The molecule has 3 N–H and O–H groups in total. The van der Waals surface area contributed by atoms with E-state index < -0.39 is 97.5 Å². The topological polar surface area (TPSA) is 237 Å². The van der Waals surface area contributed by atoms with Gasteiger partial charge in [0.1, 0.15) is 19.3 Å². The number of hydrogen-bond donors (Lipinski definition) is 3. The smallest absolute Gasteiger partial charge is 0.462 e. The highest BCUT2D eigenvalue weighted by Gasteiger charge is 2.30. The van der Waals surface area contributed by atoms with E-state index in [1.807, 2.05) is 0 Å². The molecule has 0 bridgehead atoms. The number of aliphatic hydroxyl groups excluding tert-OH is 1. The van der Waals surface area contributed by atoms with Gasteiger partial charge in [-0.3, -0.25) is 37.3 Å². The molecule has 0 heterocycles. The predicted molar refractivity (Wildman–Crippen MR) is 358 cm³/mol. The highest BCUT2D eigenvalue weighted by atomic mass is 31.2. The summed E-state index contributed by atoms with van der Waals surface area (Å²) in [6, 6.07) is 0. The van der Waals surface area contributed by atoms with E-state index in [1.165, 1.54) is 167 Å². The number of esters is 4. The van der Waals surface area contributed by atoms with Crippen LogP contribution in [0.15, 0.2) is 0 Å². The maximum atomic E-state index is 13.0. The zero-order chi connectivity index (χ0) is 65.6. The molecule has 0 aliphatic carbocycles. The number of rotatable bonds is 70. The maximum Gasteiger partial charge on any atom is 0.472 e. The Hall–Kier alpha value is -1.94. The molecule has 528 valence electrons. The first-order valence-electron chi connectivity index (χ1n) is 36.6. The van der Waals surface area contributed by atoms with Gasteiger partial charge < -0.3 is 33.8 Å². The Bertz CT molecular complexity index is 1720. The summed E-state index contributed by atoms with van der Waals surface area (Å²) in [5, 5.41) is 10.6. The summed E-state index contributed by atoms with van der Waals surface area (Å²) in [6.45, 7) is 7.21. The molecule has 0 aliphatic heterocycles. The molecular formula is C70H136O17P2. The van der Waals surface area contributed by atoms with Gasteiger partial charge >= 0.3 is 39.5 Å². The summed E-state index contributed by atoms with van der Waals surface area (Å²) >= 11 is 0. The van der Waals surface area contributed by atoms with E-state index in [-0.39, 0.29) is 25.7 Å². The van der Waals surface area contributed by atoms with Crippen molar-refractivity contribution < 1.29 is 80.2 Å². The van der Waals surface area contributed by atoms with Crippen LogP contribution >= 0.6 is 15.6 Å². The molecule has 5 atom stereocenters. The fourth-order valence-electron chi connectivity index (χ4n) is 10.6. The van der Waals surface area contributed by atoms with Crippen molar-refractivity contribution in [2.24, 2.45) is 5.92 Å². The van der Waals surface area contributed by atoms with Gasteiger partial charge in [0.25, 0.3) is 0 Å². The molecule has 0 saturated heterocycles. The van der Waals surface area contributed by atoms with Crippen molar-refractivity contribution >= 4 is 39.5 Å². The quantitative estimate of drug-likeness (QED) is 0.0222. The van der Waals surface area contributed by atoms with Crippen molar-refractivity contribution in [3.05, 3.63) is 0 Å². The second-order valence-corrected chi connectivity index (χ2v) is 28.7. The number of ether oxygens (including phenoxy) is 4. The summed E-state index contributed by atoms with van der Waals surface area (Å²) < 4.78 is 68.1. The summed E-state index contributed by atoms with van der Waals surface area (Å²) in [4.78, 5) is 72.3. The first-order valence-corrected chi connectivity index (χ1v) is 39.6. The van der Waals surface area contributed by atoms with Crippen LogP contribution in [0.1, 0.15) is 362 Å². The monoisotopic (exact) mass is 1310 g/mol. The molecule has 0 rings (SSSR count). The van der Waals surface area contributed by atoms with E-state index in [9.17, 15) is 43.2 Å². The zero-order valence-electron chi connectivity index (χ0n) is 57.6. The van der Waals surface area contributed by atoms with E-state index in [0.717, 1.165) is 115 Å². The highest BCUT2D eigenvalue weighted by Crippen LogP contribution is 2.45. The minimum Gasteiger partial charge on any atom is -0.462 e. The van der Waals surface area contributed by atoms with Gasteiger partial charge in [-0.1, -0.05) is 311 Å². The molecule has 0 aliphatic rings. The standard InChI is InChI=1S/C70H136O17P2/c1-6-9-12-15-18-20-21-22-23-26-29-32-35-40-44-49-54-68(73)81-60-66(87-70(75)56-51-46-41-36-33-30-27-24-25-28-31-34-38-42-47-52-63(4)5)62-85-89(78,79)83-58-64(71)57-82-88(76,77)84-61-65(59-80-67(72)53-48-43-37-17-14-11-8-3)86-69(74)55-50-45-39-19-16-13-10-7-2/h63-66,71H,6-62H2,1-5H3,(H,76,77)(H,78,79)/t64-,65+,66+/m0/s1. The third-order valence-corrected chi connectivity index (χ3v) is 18.2. The van der Waals surface area contributed by atoms with E-state index in [0.29, 0.717) is 25.7 Å². The molecule has 0 aromatic heterocycles. The minimum atomic E-state index is -4.95. The lowest BCUT2D eigenvalue weighted by Gasteiger charge is -2.21. The molecule has 2 unspecified atom stereocenters. The average molecular weight is 1310 g/mol. The van der Waals surface area contributed by atoms with Gasteiger partial charge in [-0.05, 0) is 31.6 Å². The normalized spacial score (nSPS) is 14.1. The number of phosphoric ester groups is 2. The van der Waals surface area contributed by atoms with Gasteiger partial charge in [-0.15, -0.1) is 0 Å². The number of carbonyl (C=O) groups excluding carboxylic acids is 4. The van der Waals surface area contributed by atoms with Gasteiger partial charge in [-0.25, -0.2) is 9.13 Å². The van der Waals surface area contributed by atoms with Crippen LogP contribution in [0.4, 0.5) is 0 Å². The molecule has 0 amide bonds. The largest absolute Gasteiger partial charge is 0.472 e. The Morgan fingerprint density at radius 3 is 0.764 bits per heavy atom. The summed E-state index contributed by atoms with van der Waals surface area (Å²) in [7, 11) is -9.89. The van der Waals surface area contributed by atoms with Crippen molar-refractivity contribution in [2.45, 2.75) is 380 Å². The SMILES string of the molecule is CCCCCCCCCCCCCCCCCCC(=O)OC[C@H](COP(=O)(O)OC[C@@H](O)COP(=O)(O)OC[C@@H](COC(=O)CCCCCCCCC)OC(=O)CCCCCCCCCC)OC(=O)CCCCCCCCCCCCCCCCCC(C)C. The number of unbranched alkanes of at least 4 members (excludes halogenated alkanes) is 42.